The molecule has 144 valence electrons. The normalized spacial score (nSPS) is 15.2. The molecule has 1 aliphatic heterocycles. The minimum atomic E-state index is -1.30. The molecule has 28 heavy (non-hydrogen) atoms. The topological polar surface area (TPSA) is 96.3 Å². The zero-order chi connectivity index (χ0) is 20.4. The first kappa shape index (κ1) is 19.7. The smallest absolute Gasteiger partial charge is 0.339 e. The summed E-state index contributed by atoms with van der Waals surface area (Å²) in [6.45, 7) is 0. The molecule has 7 nitrogen and oxygen atoms in total. The number of methoxy groups -OCH3 is 2. The number of amides is 1. The van der Waals surface area contributed by atoms with Crippen molar-refractivity contribution in [2.24, 2.45) is 0 Å². The van der Waals surface area contributed by atoms with Crippen molar-refractivity contribution < 1.29 is 29.3 Å². The number of thioether (sulfide) groups is 1. The minimum Gasteiger partial charge on any atom is -0.507 e. The molecule has 2 aromatic rings. The number of phenols is 1. The van der Waals surface area contributed by atoms with E-state index in [1.165, 1.54) is 37.3 Å². The van der Waals surface area contributed by atoms with Gasteiger partial charge in [0.2, 0.25) is 0 Å². The van der Waals surface area contributed by atoms with Crippen LogP contribution in [0.5, 0.6) is 17.2 Å². The van der Waals surface area contributed by atoms with E-state index in [0.29, 0.717) is 22.0 Å². The van der Waals surface area contributed by atoms with Crippen molar-refractivity contribution in [2.75, 3.05) is 19.1 Å². The summed E-state index contributed by atoms with van der Waals surface area (Å²) in [6, 6.07) is 9.14. The van der Waals surface area contributed by atoms with Crippen LogP contribution in [0.4, 0.5) is 5.69 Å². The summed E-state index contributed by atoms with van der Waals surface area (Å²) in [5.41, 5.74) is 0.586. The van der Waals surface area contributed by atoms with E-state index in [0.717, 1.165) is 11.8 Å². The first-order valence-electron chi connectivity index (χ1n) is 7.92. The maximum absolute atomic E-state index is 12.9. The molecule has 0 aromatic heterocycles. The van der Waals surface area contributed by atoms with Crippen molar-refractivity contribution in [3.63, 3.8) is 0 Å². The van der Waals surface area contributed by atoms with E-state index in [9.17, 15) is 19.8 Å². The first-order valence-corrected chi connectivity index (χ1v) is 9.15. The number of rotatable bonds is 5. The van der Waals surface area contributed by atoms with Gasteiger partial charge in [-0.25, -0.2) is 4.79 Å². The highest BCUT2D eigenvalue weighted by molar-refractivity contribution is 8.27. The lowest BCUT2D eigenvalue weighted by molar-refractivity contribution is -0.113. The molecule has 0 spiro atoms. The molecule has 1 saturated heterocycles. The zero-order valence-electron chi connectivity index (χ0n) is 14.8. The minimum absolute atomic E-state index is 0.250. The maximum Gasteiger partial charge on any atom is 0.339 e. The number of ether oxygens (including phenoxy) is 2. The molecule has 1 aliphatic rings. The number of hydrogen-bond donors (Lipinski definition) is 2. The molecule has 2 aromatic carbocycles. The molecule has 3 rings (SSSR count). The monoisotopic (exact) mass is 417 g/mol. The maximum atomic E-state index is 12.9. The van der Waals surface area contributed by atoms with E-state index in [2.05, 4.69) is 0 Å². The van der Waals surface area contributed by atoms with Gasteiger partial charge in [0.05, 0.1) is 24.8 Å². The molecule has 0 atom stereocenters. The number of aromatic carboxylic acids is 1. The van der Waals surface area contributed by atoms with Gasteiger partial charge in [-0.05, 0) is 30.3 Å². The second kappa shape index (κ2) is 7.91. The van der Waals surface area contributed by atoms with E-state index in [-0.39, 0.29) is 15.6 Å². The highest BCUT2D eigenvalue weighted by Gasteiger charge is 2.34. The van der Waals surface area contributed by atoms with Crippen LogP contribution in [0.1, 0.15) is 15.9 Å². The molecule has 0 aliphatic carbocycles. The Labute approximate surface area is 170 Å². The van der Waals surface area contributed by atoms with Crippen LogP contribution in [0.25, 0.3) is 6.08 Å². The van der Waals surface area contributed by atoms with Gasteiger partial charge in [0.15, 0.2) is 15.8 Å². The fourth-order valence-electron chi connectivity index (χ4n) is 2.69. The second-order valence-corrected chi connectivity index (χ2v) is 7.28. The molecule has 0 bridgehead atoms. The highest BCUT2D eigenvalue weighted by Crippen LogP contribution is 2.39. The van der Waals surface area contributed by atoms with Gasteiger partial charge in [-0.1, -0.05) is 36.1 Å². The Morgan fingerprint density at radius 1 is 1.21 bits per heavy atom. The van der Waals surface area contributed by atoms with Crippen LogP contribution in [0.15, 0.2) is 41.3 Å². The van der Waals surface area contributed by atoms with E-state index in [1.54, 1.807) is 24.3 Å². The SMILES string of the molecule is COc1cccc(/C=C2\SC(=S)N(c3ccc(O)c(C(=O)O)c3)C2=O)c1OC. The molecule has 1 amide bonds. The van der Waals surface area contributed by atoms with Crippen molar-refractivity contribution in [3.8, 4) is 17.2 Å². The van der Waals surface area contributed by atoms with Gasteiger partial charge in [-0.3, -0.25) is 9.69 Å². The van der Waals surface area contributed by atoms with Crippen molar-refractivity contribution >= 4 is 51.9 Å². The van der Waals surface area contributed by atoms with Crippen molar-refractivity contribution in [3.05, 3.63) is 52.4 Å². The number of nitrogens with zero attached hydrogens (tertiary/aromatic N) is 1. The average Bonchev–Trinajstić information content (AvgIpc) is 2.95. The zero-order valence-corrected chi connectivity index (χ0v) is 16.5. The van der Waals surface area contributed by atoms with Crippen LogP contribution >= 0.6 is 24.0 Å². The predicted octanol–water partition coefficient (Wildman–Crippen LogP) is 3.51. The lowest BCUT2D eigenvalue weighted by Gasteiger charge is -2.15. The molecule has 0 unspecified atom stereocenters. The third-order valence-corrected chi connectivity index (χ3v) is 5.28. The Hall–Kier alpha value is -3.04. The molecule has 0 radical (unpaired) electrons. The van der Waals surface area contributed by atoms with Crippen molar-refractivity contribution in [2.45, 2.75) is 0 Å². The van der Waals surface area contributed by atoms with Gasteiger partial charge in [0, 0.05) is 5.56 Å². The van der Waals surface area contributed by atoms with E-state index >= 15 is 0 Å². The third kappa shape index (κ3) is 3.54. The molecular formula is C19H15NO6S2. The highest BCUT2D eigenvalue weighted by atomic mass is 32.2. The van der Waals surface area contributed by atoms with Gasteiger partial charge < -0.3 is 19.7 Å². The summed E-state index contributed by atoms with van der Waals surface area (Å²) in [4.78, 5) is 25.7. The standard InChI is InChI=1S/C19H15NO6S2/c1-25-14-5-3-4-10(16(14)26-2)8-15-17(22)20(19(27)28-15)11-6-7-13(21)12(9-11)18(23)24/h3-9,21H,1-2H3,(H,23,24)/b15-8-. The number of carboxylic acid groups (broad SMARTS) is 1. The van der Waals surface area contributed by atoms with Gasteiger partial charge >= 0.3 is 5.97 Å². The predicted molar refractivity (Wildman–Crippen MR) is 110 cm³/mol. The number of benzene rings is 2. The second-order valence-electron chi connectivity index (χ2n) is 5.61. The van der Waals surface area contributed by atoms with Crippen LogP contribution in [0.2, 0.25) is 0 Å². The van der Waals surface area contributed by atoms with Gasteiger partial charge in [0.25, 0.3) is 5.91 Å². The summed E-state index contributed by atoms with van der Waals surface area (Å²) < 4.78 is 10.9. The van der Waals surface area contributed by atoms with Crippen LogP contribution in [-0.4, -0.2) is 40.6 Å². The first-order chi connectivity index (χ1) is 13.4. The molecule has 0 saturated carbocycles. The fourth-order valence-corrected chi connectivity index (χ4v) is 3.98. The Bertz CT molecular complexity index is 1020. The Morgan fingerprint density at radius 3 is 2.61 bits per heavy atom. The third-order valence-electron chi connectivity index (χ3n) is 3.98. The van der Waals surface area contributed by atoms with Crippen LogP contribution < -0.4 is 14.4 Å². The summed E-state index contributed by atoms with van der Waals surface area (Å²) in [6.07, 6.45) is 1.64. The number of hydrogen-bond acceptors (Lipinski definition) is 7. The van der Waals surface area contributed by atoms with E-state index < -0.39 is 17.6 Å². The number of anilines is 1. The molecule has 2 N–H and O–H groups in total. The van der Waals surface area contributed by atoms with Crippen molar-refractivity contribution in [1.29, 1.82) is 0 Å². The number of thiocarbonyl (C=S) groups is 1. The van der Waals surface area contributed by atoms with Crippen LogP contribution in [0.3, 0.4) is 0 Å². The van der Waals surface area contributed by atoms with Crippen LogP contribution in [0, 0.1) is 0 Å². The largest absolute Gasteiger partial charge is 0.507 e. The molecule has 1 fully saturated rings. The Kier molecular flexibility index (Phi) is 5.57. The lowest BCUT2D eigenvalue weighted by Crippen LogP contribution is -2.27. The summed E-state index contributed by atoms with van der Waals surface area (Å²) >= 11 is 6.39. The number of aromatic hydroxyl groups is 1. The van der Waals surface area contributed by atoms with Gasteiger partial charge in [-0.2, -0.15) is 0 Å². The van der Waals surface area contributed by atoms with Gasteiger partial charge in [0.1, 0.15) is 11.3 Å². The van der Waals surface area contributed by atoms with Crippen molar-refractivity contribution in [1.82, 2.24) is 0 Å². The van der Waals surface area contributed by atoms with E-state index in [4.69, 9.17) is 21.7 Å². The summed E-state index contributed by atoms with van der Waals surface area (Å²) in [5, 5.41) is 18.9. The quantitative estimate of drug-likeness (QED) is 0.564. The van der Waals surface area contributed by atoms with Crippen LogP contribution in [-0.2, 0) is 4.79 Å². The lowest BCUT2D eigenvalue weighted by atomic mass is 10.1. The Balaban J connectivity index is 2.00. The average molecular weight is 417 g/mol. The number of carbonyl (C=O) groups is 2. The molecule has 9 heteroatoms. The summed E-state index contributed by atoms with van der Waals surface area (Å²) in [7, 11) is 3.02. The Morgan fingerprint density at radius 2 is 1.96 bits per heavy atom. The molecule has 1 heterocycles. The number of carbonyl (C=O) groups excluding carboxylic acids is 1. The summed E-state index contributed by atoms with van der Waals surface area (Å²) in [5.74, 6) is -1.09. The molecular weight excluding hydrogens is 402 g/mol. The van der Waals surface area contributed by atoms with Gasteiger partial charge in [-0.15, -0.1) is 0 Å². The van der Waals surface area contributed by atoms with E-state index in [1.807, 2.05) is 0 Å². The number of carboxylic acids is 1. The fraction of sp³-hybridized carbons (Fsp3) is 0.105. The number of para-hydroxylation sites is 1.